The van der Waals surface area contributed by atoms with Gasteiger partial charge < -0.3 is 14.4 Å². The second kappa shape index (κ2) is 10.5. The van der Waals surface area contributed by atoms with Crippen LogP contribution in [0.4, 0.5) is 0 Å². The molecular weight excluding hydrogens is 358 g/mol. The van der Waals surface area contributed by atoms with E-state index in [0.29, 0.717) is 0 Å². The molecule has 0 aliphatic rings. The van der Waals surface area contributed by atoms with Crippen LogP contribution < -0.4 is 0 Å². The van der Waals surface area contributed by atoms with E-state index >= 15 is 0 Å². The maximum Gasteiger partial charge on any atom is 0.328 e. The van der Waals surface area contributed by atoms with E-state index in [0.717, 1.165) is 11.8 Å². The Morgan fingerprint density at radius 1 is 1.08 bits per heavy atom. The maximum absolute atomic E-state index is 12.9. The van der Waals surface area contributed by atoms with E-state index in [-0.39, 0.29) is 23.3 Å². The number of ether oxygens (including phenoxy) is 2. The molecule has 0 aliphatic carbocycles. The number of amides is 1. The molecule has 0 aromatic carbocycles. The van der Waals surface area contributed by atoms with E-state index < -0.39 is 35.4 Å². The highest BCUT2D eigenvalue weighted by molar-refractivity contribution is 8.13. The number of rotatable bonds is 8. The molecule has 0 fully saturated rings. The van der Waals surface area contributed by atoms with E-state index in [1.165, 1.54) is 18.9 Å². The van der Waals surface area contributed by atoms with Gasteiger partial charge in [0.05, 0.1) is 7.11 Å². The Morgan fingerprint density at radius 3 is 2.00 bits per heavy atom. The normalized spacial score (nSPS) is 13.7. The standard InChI is InChI=1S/C18H31NO6S/c1-11(2)15(17(23)24-8)19(9-14(21)25-18(5,6)7)16(22)12(3)10-26-13(4)20/h11-12,15H,9-10H2,1-8H3/t12-,15+/m0/s1. The lowest BCUT2D eigenvalue weighted by molar-refractivity contribution is -0.165. The summed E-state index contributed by atoms with van der Waals surface area (Å²) in [6, 6.07) is -0.912. The van der Waals surface area contributed by atoms with Crippen LogP contribution in [-0.4, -0.2) is 58.9 Å². The average molecular weight is 390 g/mol. The highest BCUT2D eigenvalue weighted by Crippen LogP contribution is 2.19. The van der Waals surface area contributed by atoms with Crippen LogP contribution >= 0.6 is 11.8 Å². The molecule has 0 saturated heterocycles. The van der Waals surface area contributed by atoms with Crippen molar-refractivity contribution in [1.29, 1.82) is 0 Å². The summed E-state index contributed by atoms with van der Waals surface area (Å²) in [6.07, 6.45) is 0. The van der Waals surface area contributed by atoms with Crippen LogP contribution in [-0.2, 0) is 28.7 Å². The molecule has 0 aliphatic heterocycles. The number of methoxy groups -OCH3 is 1. The molecule has 0 N–H and O–H groups in total. The van der Waals surface area contributed by atoms with Crippen LogP contribution in [0.2, 0.25) is 0 Å². The van der Waals surface area contributed by atoms with Crippen molar-refractivity contribution in [3.05, 3.63) is 0 Å². The summed E-state index contributed by atoms with van der Waals surface area (Å²) >= 11 is 1.03. The van der Waals surface area contributed by atoms with E-state index in [2.05, 4.69) is 0 Å². The predicted octanol–water partition coefficient (Wildman–Crippen LogP) is 2.27. The largest absolute Gasteiger partial charge is 0.467 e. The van der Waals surface area contributed by atoms with Crippen molar-refractivity contribution in [2.45, 2.75) is 60.1 Å². The van der Waals surface area contributed by atoms with Crippen LogP contribution in [0.1, 0.15) is 48.5 Å². The zero-order chi connectivity index (χ0) is 20.7. The van der Waals surface area contributed by atoms with Crippen molar-refractivity contribution in [1.82, 2.24) is 4.90 Å². The number of hydrogen-bond acceptors (Lipinski definition) is 7. The van der Waals surface area contributed by atoms with Gasteiger partial charge in [-0.2, -0.15) is 0 Å². The summed E-state index contributed by atoms with van der Waals surface area (Å²) in [5.74, 6) is -2.13. The molecule has 0 bridgehead atoms. The smallest absolute Gasteiger partial charge is 0.328 e. The van der Waals surface area contributed by atoms with Gasteiger partial charge in [0.25, 0.3) is 0 Å². The molecule has 2 atom stereocenters. The van der Waals surface area contributed by atoms with Gasteiger partial charge in [-0.15, -0.1) is 0 Å². The Kier molecular flexibility index (Phi) is 9.91. The Labute approximate surface area is 160 Å². The van der Waals surface area contributed by atoms with E-state index in [1.54, 1.807) is 41.5 Å². The van der Waals surface area contributed by atoms with Gasteiger partial charge in [0, 0.05) is 18.6 Å². The molecule has 0 radical (unpaired) electrons. The van der Waals surface area contributed by atoms with Crippen LogP contribution in [0.3, 0.4) is 0 Å². The molecule has 26 heavy (non-hydrogen) atoms. The average Bonchev–Trinajstić information content (AvgIpc) is 2.48. The number of nitrogens with zero attached hydrogens (tertiary/aromatic N) is 1. The third kappa shape index (κ3) is 8.69. The summed E-state index contributed by atoms with van der Waals surface area (Å²) in [7, 11) is 1.24. The SMILES string of the molecule is COC(=O)[C@@H](C(C)C)N(CC(=O)OC(C)(C)C)C(=O)[C@@H](C)CSC(C)=O. The number of carbonyl (C=O) groups is 4. The molecule has 0 rings (SSSR count). The minimum Gasteiger partial charge on any atom is -0.467 e. The Hall–Kier alpha value is -1.57. The molecule has 0 aromatic rings. The lowest BCUT2D eigenvalue weighted by atomic mass is 10.0. The summed E-state index contributed by atoms with van der Waals surface area (Å²) in [6.45, 7) is 11.4. The van der Waals surface area contributed by atoms with Gasteiger partial charge in [-0.3, -0.25) is 14.4 Å². The lowest BCUT2D eigenvalue weighted by Crippen LogP contribution is -2.53. The van der Waals surface area contributed by atoms with Crippen molar-refractivity contribution in [3.63, 3.8) is 0 Å². The van der Waals surface area contributed by atoms with Crippen LogP contribution in [0.25, 0.3) is 0 Å². The number of carbonyl (C=O) groups excluding carboxylic acids is 4. The van der Waals surface area contributed by atoms with E-state index in [4.69, 9.17) is 9.47 Å². The fraction of sp³-hybridized carbons (Fsp3) is 0.778. The molecule has 8 heteroatoms. The van der Waals surface area contributed by atoms with Crippen molar-refractivity contribution in [2.75, 3.05) is 19.4 Å². The topological polar surface area (TPSA) is 90.0 Å². The third-order valence-corrected chi connectivity index (χ3v) is 4.44. The Balaban J connectivity index is 5.56. The zero-order valence-corrected chi connectivity index (χ0v) is 17.8. The fourth-order valence-corrected chi connectivity index (χ4v) is 2.93. The van der Waals surface area contributed by atoms with Crippen molar-refractivity contribution in [2.24, 2.45) is 11.8 Å². The van der Waals surface area contributed by atoms with Crippen LogP contribution in [0.5, 0.6) is 0 Å². The summed E-state index contributed by atoms with van der Waals surface area (Å²) < 4.78 is 10.1. The van der Waals surface area contributed by atoms with Gasteiger partial charge in [-0.25, -0.2) is 4.79 Å². The monoisotopic (exact) mass is 389 g/mol. The van der Waals surface area contributed by atoms with Gasteiger partial charge in [0.2, 0.25) is 5.91 Å². The van der Waals surface area contributed by atoms with Crippen LogP contribution in [0, 0.1) is 11.8 Å². The lowest BCUT2D eigenvalue weighted by Gasteiger charge is -2.34. The van der Waals surface area contributed by atoms with Gasteiger partial charge in [-0.05, 0) is 26.7 Å². The van der Waals surface area contributed by atoms with Gasteiger partial charge in [0.1, 0.15) is 18.2 Å². The molecule has 1 amide bonds. The van der Waals surface area contributed by atoms with Crippen molar-refractivity contribution in [3.8, 4) is 0 Å². The van der Waals surface area contributed by atoms with E-state index in [1.807, 2.05) is 0 Å². The van der Waals surface area contributed by atoms with Gasteiger partial charge in [-0.1, -0.05) is 32.5 Å². The first-order chi connectivity index (χ1) is 11.8. The minimum absolute atomic E-state index is 0.100. The highest BCUT2D eigenvalue weighted by Gasteiger charge is 2.37. The number of thioether (sulfide) groups is 1. The maximum atomic E-state index is 12.9. The molecular formula is C18H31NO6S. The summed E-state index contributed by atoms with van der Waals surface area (Å²) in [5.41, 5.74) is -0.708. The number of hydrogen-bond donors (Lipinski definition) is 0. The molecule has 0 saturated carbocycles. The van der Waals surface area contributed by atoms with Crippen LogP contribution in [0.15, 0.2) is 0 Å². The molecule has 7 nitrogen and oxygen atoms in total. The van der Waals surface area contributed by atoms with E-state index in [9.17, 15) is 19.2 Å². The molecule has 150 valence electrons. The predicted molar refractivity (Wildman–Crippen MR) is 101 cm³/mol. The second-order valence-electron chi connectivity index (χ2n) is 7.47. The summed E-state index contributed by atoms with van der Waals surface area (Å²) in [5, 5.41) is -0.100. The first-order valence-electron chi connectivity index (χ1n) is 8.53. The quantitative estimate of drug-likeness (QED) is 0.588. The zero-order valence-electron chi connectivity index (χ0n) is 17.0. The van der Waals surface area contributed by atoms with Gasteiger partial charge >= 0.3 is 11.9 Å². The highest BCUT2D eigenvalue weighted by atomic mass is 32.2. The van der Waals surface area contributed by atoms with Crippen molar-refractivity contribution >= 4 is 34.7 Å². The molecule has 0 unspecified atom stereocenters. The summed E-state index contributed by atoms with van der Waals surface area (Å²) in [4.78, 5) is 49.8. The molecule has 0 spiro atoms. The number of esters is 2. The Morgan fingerprint density at radius 2 is 1.62 bits per heavy atom. The second-order valence-corrected chi connectivity index (χ2v) is 8.67. The Bertz CT molecular complexity index is 526. The van der Waals surface area contributed by atoms with Gasteiger partial charge in [0.15, 0.2) is 5.12 Å². The third-order valence-electron chi connectivity index (χ3n) is 3.37. The minimum atomic E-state index is -0.912. The van der Waals surface area contributed by atoms with Crippen molar-refractivity contribution < 1.29 is 28.7 Å². The first kappa shape index (κ1) is 24.4. The first-order valence-corrected chi connectivity index (χ1v) is 9.52. The fourth-order valence-electron chi connectivity index (χ4n) is 2.30. The molecule has 0 heterocycles. The molecule has 0 aromatic heterocycles.